The lowest BCUT2D eigenvalue weighted by Gasteiger charge is -2.16. The van der Waals surface area contributed by atoms with Crippen molar-refractivity contribution in [1.82, 2.24) is 5.32 Å². The van der Waals surface area contributed by atoms with E-state index in [2.05, 4.69) is 5.32 Å². The molecule has 0 radical (unpaired) electrons. The minimum Gasteiger partial charge on any atom is -0.388 e. The summed E-state index contributed by atoms with van der Waals surface area (Å²) in [7, 11) is 0. The van der Waals surface area contributed by atoms with Crippen LogP contribution in [-0.2, 0) is 9.59 Å². The summed E-state index contributed by atoms with van der Waals surface area (Å²) in [6.07, 6.45) is -2.38. The van der Waals surface area contributed by atoms with Crippen molar-refractivity contribution in [3.8, 4) is 0 Å². The van der Waals surface area contributed by atoms with Gasteiger partial charge in [0.2, 0.25) is 0 Å². The quantitative estimate of drug-likeness (QED) is 0.328. The molecule has 0 aliphatic carbocycles. The highest BCUT2D eigenvalue weighted by molar-refractivity contribution is 5.85. The van der Waals surface area contributed by atoms with E-state index in [1.54, 1.807) is 0 Å². The molecule has 1 saturated heterocycles. The lowest BCUT2D eigenvalue weighted by atomic mass is 10.1. The van der Waals surface area contributed by atoms with Crippen molar-refractivity contribution in [3.63, 3.8) is 0 Å². The van der Waals surface area contributed by atoms with E-state index in [-0.39, 0.29) is 0 Å². The van der Waals surface area contributed by atoms with Crippen LogP contribution in [-0.4, -0.2) is 46.7 Å². The predicted molar refractivity (Wildman–Crippen MR) is 38.0 cm³/mol. The second-order valence-corrected chi connectivity index (χ2v) is 2.68. The molecule has 12 heavy (non-hydrogen) atoms. The molecule has 1 aliphatic heterocycles. The number of aliphatic hydroxyl groups is 2. The van der Waals surface area contributed by atoms with Crippen LogP contribution in [0.5, 0.6) is 0 Å². The monoisotopic (exact) mass is 174 g/mol. The van der Waals surface area contributed by atoms with Crippen molar-refractivity contribution in [2.24, 2.45) is 5.73 Å². The van der Waals surface area contributed by atoms with Gasteiger partial charge in [-0.15, -0.1) is 0 Å². The molecule has 68 valence electrons. The number of aliphatic hydroxyl groups excluding tert-OH is 2. The average Bonchev–Trinajstić information content (AvgIpc) is 2.32. The van der Waals surface area contributed by atoms with Gasteiger partial charge in [-0.25, -0.2) is 0 Å². The molecule has 5 N–H and O–H groups in total. The van der Waals surface area contributed by atoms with Gasteiger partial charge < -0.3 is 26.1 Å². The second kappa shape index (κ2) is 3.18. The van der Waals surface area contributed by atoms with Gasteiger partial charge in [0, 0.05) is 0 Å². The summed E-state index contributed by atoms with van der Waals surface area (Å²) >= 11 is 0. The Kier molecular flexibility index (Phi) is 2.41. The maximum atomic E-state index is 10.7. The Hall–Kier alpha value is -0.980. The number of hydrogen-bond donors (Lipinski definition) is 4. The van der Waals surface area contributed by atoms with Gasteiger partial charge in [-0.05, 0) is 0 Å². The molecule has 6 nitrogen and oxygen atoms in total. The van der Waals surface area contributed by atoms with Crippen LogP contribution in [0.4, 0.5) is 0 Å². The molecule has 0 bridgehead atoms. The van der Waals surface area contributed by atoms with E-state index in [4.69, 9.17) is 15.9 Å². The van der Waals surface area contributed by atoms with E-state index >= 15 is 0 Å². The number of aldehydes is 1. The molecule has 1 aliphatic rings. The zero-order chi connectivity index (χ0) is 9.30. The number of rotatable bonds is 2. The molecule has 0 aromatic rings. The van der Waals surface area contributed by atoms with E-state index in [1.807, 2.05) is 0 Å². The lowest BCUT2D eigenvalue weighted by molar-refractivity contribution is -0.128. The minimum atomic E-state index is -1.49. The van der Waals surface area contributed by atoms with Crippen molar-refractivity contribution in [3.05, 3.63) is 0 Å². The first kappa shape index (κ1) is 9.11. The van der Waals surface area contributed by atoms with Gasteiger partial charge in [0.05, 0.1) is 12.1 Å². The number of amides is 1. The Morgan fingerprint density at radius 1 is 1.58 bits per heavy atom. The van der Waals surface area contributed by atoms with Crippen LogP contribution in [0.2, 0.25) is 0 Å². The summed E-state index contributed by atoms with van der Waals surface area (Å²) in [5.74, 6) is -0.704. The van der Waals surface area contributed by atoms with Crippen molar-refractivity contribution < 1.29 is 19.8 Å². The van der Waals surface area contributed by atoms with Gasteiger partial charge in [0.15, 0.2) is 6.10 Å². The molecule has 0 saturated carbocycles. The Morgan fingerprint density at radius 3 is 2.50 bits per heavy atom. The molecule has 0 aromatic carbocycles. The fourth-order valence-corrected chi connectivity index (χ4v) is 1.10. The predicted octanol–water partition coefficient (Wildman–Crippen LogP) is -3.27. The number of nitrogens with two attached hydrogens (primary N) is 1. The van der Waals surface area contributed by atoms with Crippen LogP contribution < -0.4 is 11.1 Å². The summed E-state index contributed by atoms with van der Waals surface area (Å²) < 4.78 is 0. The van der Waals surface area contributed by atoms with Crippen LogP contribution in [0.25, 0.3) is 0 Å². The van der Waals surface area contributed by atoms with Gasteiger partial charge in [-0.2, -0.15) is 0 Å². The molecular formula is C6H10N2O4. The number of carbonyl (C=O) groups excluding carboxylic acids is 2. The molecule has 1 fully saturated rings. The third kappa shape index (κ3) is 1.31. The van der Waals surface area contributed by atoms with Crippen LogP contribution >= 0.6 is 0 Å². The molecule has 4 atom stereocenters. The van der Waals surface area contributed by atoms with E-state index < -0.39 is 30.2 Å². The van der Waals surface area contributed by atoms with Crippen LogP contribution in [0.15, 0.2) is 0 Å². The molecule has 6 heteroatoms. The molecule has 1 amide bonds. The smallest absolute Gasteiger partial charge is 0.252 e. The van der Waals surface area contributed by atoms with Crippen LogP contribution in [0, 0.1) is 0 Å². The van der Waals surface area contributed by atoms with Crippen molar-refractivity contribution in [2.45, 2.75) is 24.3 Å². The highest BCUT2D eigenvalue weighted by Gasteiger charge is 2.42. The maximum Gasteiger partial charge on any atom is 0.252 e. The fraction of sp³-hybridized carbons (Fsp3) is 0.667. The third-order valence-electron chi connectivity index (χ3n) is 1.84. The maximum absolute atomic E-state index is 10.7. The molecule has 1 unspecified atom stereocenters. The van der Waals surface area contributed by atoms with E-state index in [1.165, 1.54) is 0 Å². The summed E-state index contributed by atoms with van der Waals surface area (Å²) in [4.78, 5) is 20.9. The first-order valence-corrected chi connectivity index (χ1v) is 3.45. The highest BCUT2D eigenvalue weighted by atomic mass is 16.3. The van der Waals surface area contributed by atoms with Gasteiger partial charge in [0.25, 0.3) is 5.91 Å². The Morgan fingerprint density at radius 2 is 2.17 bits per heavy atom. The van der Waals surface area contributed by atoms with E-state index in [9.17, 15) is 9.59 Å². The Bertz CT molecular complexity index is 208. The number of carbonyl (C=O) groups is 2. The van der Waals surface area contributed by atoms with Gasteiger partial charge in [-0.3, -0.25) is 4.79 Å². The summed E-state index contributed by atoms with van der Waals surface area (Å²) in [5, 5.41) is 20.3. The van der Waals surface area contributed by atoms with Gasteiger partial charge in [0.1, 0.15) is 12.4 Å². The standard InChI is InChI=1S/C6H10N2O4/c7-2(1-9)3-4(10)5(11)6(12)8-3/h1-5,10-11H,7H2,(H,8,12)/t2?,3-,4+,5+/m1/s1. The van der Waals surface area contributed by atoms with Crippen LogP contribution in [0.1, 0.15) is 0 Å². The lowest BCUT2D eigenvalue weighted by Crippen LogP contribution is -2.49. The largest absolute Gasteiger partial charge is 0.388 e. The second-order valence-electron chi connectivity index (χ2n) is 2.68. The van der Waals surface area contributed by atoms with E-state index in [0.29, 0.717) is 6.29 Å². The molecule has 0 spiro atoms. The molecular weight excluding hydrogens is 164 g/mol. The van der Waals surface area contributed by atoms with Crippen molar-refractivity contribution in [2.75, 3.05) is 0 Å². The van der Waals surface area contributed by atoms with Gasteiger partial charge >= 0.3 is 0 Å². The minimum absolute atomic E-state index is 0.409. The third-order valence-corrected chi connectivity index (χ3v) is 1.84. The van der Waals surface area contributed by atoms with Crippen LogP contribution in [0.3, 0.4) is 0 Å². The first-order chi connectivity index (χ1) is 5.57. The Labute approximate surface area is 68.4 Å². The summed E-state index contributed by atoms with van der Waals surface area (Å²) in [6, 6.07) is -1.87. The fourth-order valence-electron chi connectivity index (χ4n) is 1.10. The summed E-state index contributed by atoms with van der Waals surface area (Å²) in [6.45, 7) is 0. The highest BCUT2D eigenvalue weighted by Crippen LogP contribution is 2.10. The summed E-state index contributed by atoms with van der Waals surface area (Å²) in [5.41, 5.74) is 5.24. The topological polar surface area (TPSA) is 113 Å². The normalized spacial score (nSPS) is 37.6. The zero-order valence-corrected chi connectivity index (χ0v) is 6.18. The van der Waals surface area contributed by atoms with Gasteiger partial charge in [-0.1, -0.05) is 0 Å². The first-order valence-electron chi connectivity index (χ1n) is 3.45. The Balaban J connectivity index is 2.70. The van der Waals surface area contributed by atoms with Crippen molar-refractivity contribution >= 4 is 12.2 Å². The molecule has 0 aromatic heterocycles. The number of nitrogens with one attached hydrogen (secondary N) is 1. The zero-order valence-electron chi connectivity index (χ0n) is 6.18. The van der Waals surface area contributed by atoms with E-state index in [0.717, 1.165) is 0 Å². The average molecular weight is 174 g/mol. The molecule has 1 rings (SSSR count). The SMILES string of the molecule is NC(C=O)[C@H]1NC(=O)[C@@H](O)[C@H]1O. The number of hydrogen-bond acceptors (Lipinski definition) is 5. The van der Waals surface area contributed by atoms with Crippen molar-refractivity contribution in [1.29, 1.82) is 0 Å². The molecule has 1 heterocycles.